The van der Waals surface area contributed by atoms with E-state index in [1.807, 2.05) is 12.1 Å². The third kappa shape index (κ3) is 3.13. The van der Waals surface area contributed by atoms with Gasteiger partial charge in [-0.05, 0) is 41.4 Å². The molecule has 0 spiro atoms. The van der Waals surface area contributed by atoms with E-state index in [1.165, 1.54) is 0 Å². The lowest BCUT2D eigenvalue weighted by Gasteiger charge is -2.09. The molecule has 0 amide bonds. The lowest BCUT2D eigenvalue weighted by molar-refractivity contribution is 0.164. The predicted octanol–water partition coefficient (Wildman–Crippen LogP) is 2.68. The van der Waals surface area contributed by atoms with E-state index in [1.54, 1.807) is 13.1 Å². The van der Waals surface area contributed by atoms with Crippen LogP contribution in [0.25, 0.3) is 0 Å². The standard InChI is InChI=1S/C11H12BrNO/c1-2-3-4-7-10(14)11-9(12)6-5-8-13-11/h5-6,8,10,14H,4,7H2,1H3. The molecule has 0 aliphatic carbocycles. The van der Waals surface area contributed by atoms with Crippen molar-refractivity contribution in [2.75, 3.05) is 0 Å². The zero-order chi connectivity index (χ0) is 10.4. The van der Waals surface area contributed by atoms with Gasteiger partial charge in [0.25, 0.3) is 0 Å². The monoisotopic (exact) mass is 253 g/mol. The molecule has 0 aliphatic rings. The van der Waals surface area contributed by atoms with E-state index in [4.69, 9.17) is 0 Å². The predicted molar refractivity (Wildman–Crippen MR) is 59.6 cm³/mol. The third-order valence-corrected chi connectivity index (χ3v) is 2.49. The minimum atomic E-state index is -0.536. The van der Waals surface area contributed by atoms with Gasteiger partial charge in [-0.25, -0.2) is 0 Å². The van der Waals surface area contributed by atoms with Crippen molar-refractivity contribution in [2.45, 2.75) is 25.9 Å². The van der Waals surface area contributed by atoms with E-state index in [0.717, 1.165) is 4.47 Å². The van der Waals surface area contributed by atoms with Gasteiger partial charge in [0.1, 0.15) is 0 Å². The van der Waals surface area contributed by atoms with Crippen LogP contribution in [0, 0.1) is 11.8 Å². The summed E-state index contributed by atoms with van der Waals surface area (Å²) in [7, 11) is 0. The molecular weight excluding hydrogens is 242 g/mol. The maximum Gasteiger partial charge on any atom is 0.0980 e. The Morgan fingerprint density at radius 2 is 2.43 bits per heavy atom. The van der Waals surface area contributed by atoms with Crippen LogP contribution in [0.3, 0.4) is 0 Å². The van der Waals surface area contributed by atoms with Gasteiger partial charge in [0, 0.05) is 17.1 Å². The lowest BCUT2D eigenvalue weighted by Crippen LogP contribution is -2.00. The van der Waals surface area contributed by atoms with Gasteiger partial charge in [-0.15, -0.1) is 11.8 Å². The van der Waals surface area contributed by atoms with Crippen LogP contribution < -0.4 is 0 Å². The first-order valence-corrected chi connectivity index (χ1v) is 5.23. The van der Waals surface area contributed by atoms with Gasteiger partial charge in [-0.1, -0.05) is 0 Å². The van der Waals surface area contributed by atoms with Crippen LogP contribution in [0.5, 0.6) is 0 Å². The van der Waals surface area contributed by atoms with Crippen LogP contribution in [0.15, 0.2) is 22.8 Å². The molecule has 0 aromatic carbocycles. The van der Waals surface area contributed by atoms with Crippen molar-refractivity contribution in [2.24, 2.45) is 0 Å². The average molecular weight is 254 g/mol. The number of nitrogens with zero attached hydrogens (tertiary/aromatic N) is 1. The lowest BCUT2D eigenvalue weighted by atomic mass is 10.1. The second-order valence-electron chi connectivity index (χ2n) is 2.85. The van der Waals surface area contributed by atoms with Gasteiger partial charge < -0.3 is 5.11 Å². The fourth-order valence-electron chi connectivity index (χ4n) is 1.11. The van der Waals surface area contributed by atoms with E-state index < -0.39 is 6.10 Å². The SMILES string of the molecule is CC#CCCC(O)c1ncccc1Br. The molecule has 1 atom stereocenters. The Morgan fingerprint density at radius 3 is 3.07 bits per heavy atom. The highest BCUT2D eigenvalue weighted by Crippen LogP contribution is 2.23. The Bertz CT molecular complexity index is 354. The summed E-state index contributed by atoms with van der Waals surface area (Å²) in [5, 5.41) is 9.77. The second kappa shape index (κ2) is 5.79. The Balaban J connectivity index is 2.63. The Morgan fingerprint density at radius 1 is 1.64 bits per heavy atom. The van der Waals surface area contributed by atoms with Crippen molar-refractivity contribution in [3.63, 3.8) is 0 Å². The maximum absolute atomic E-state index is 9.77. The summed E-state index contributed by atoms with van der Waals surface area (Å²) in [5.41, 5.74) is 0.686. The van der Waals surface area contributed by atoms with Crippen molar-refractivity contribution >= 4 is 15.9 Å². The Kier molecular flexibility index (Phi) is 4.64. The number of aromatic nitrogens is 1. The molecule has 1 heterocycles. The van der Waals surface area contributed by atoms with E-state index in [9.17, 15) is 5.11 Å². The van der Waals surface area contributed by atoms with E-state index >= 15 is 0 Å². The number of aliphatic hydroxyl groups is 1. The number of hydrogen-bond donors (Lipinski definition) is 1. The van der Waals surface area contributed by atoms with Gasteiger partial charge in [-0.3, -0.25) is 4.98 Å². The molecule has 1 aromatic heterocycles. The molecule has 0 radical (unpaired) electrons. The van der Waals surface area contributed by atoms with Crippen molar-refractivity contribution in [1.29, 1.82) is 0 Å². The zero-order valence-corrected chi connectivity index (χ0v) is 9.58. The number of pyridine rings is 1. The normalized spacial score (nSPS) is 11.6. The van der Waals surface area contributed by atoms with Gasteiger partial charge in [0.05, 0.1) is 11.8 Å². The second-order valence-corrected chi connectivity index (χ2v) is 3.71. The number of aliphatic hydroxyl groups excluding tert-OH is 1. The smallest absolute Gasteiger partial charge is 0.0980 e. The van der Waals surface area contributed by atoms with E-state index in [2.05, 4.69) is 32.8 Å². The van der Waals surface area contributed by atoms with Crippen molar-refractivity contribution < 1.29 is 5.11 Å². The minimum Gasteiger partial charge on any atom is -0.387 e. The van der Waals surface area contributed by atoms with Crippen LogP contribution >= 0.6 is 15.9 Å². The fraction of sp³-hybridized carbons (Fsp3) is 0.364. The molecule has 14 heavy (non-hydrogen) atoms. The van der Waals surface area contributed by atoms with Gasteiger partial charge in [0.15, 0.2) is 0 Å². The zero-order valence-electron chi connectivity index (χ0n) is 8.00. The van der Waals surface area contributed by atoms with E-state index in [-0.39, 0.29) is 0 Å². The summed E-state index contributed by atoms with van der Waals surface area (Å²) in [5.74, 6) is 5.71. The van der Waals surface area contributed by atoms with Gasteiger partial charge in [-0.2, -0.15) is 0 Å². The Labute approximate surface area is 92.5 Å². The molecule has 1 aromatic rings. The molecule has 0 fully saturated rings. The summed E-state index contributed by atoms with van der Waals surface area (Å²) in [4.78, 5) is 4.11. The first kappa shape index (κ1) is 11.2. The Hall–Kier alpha value is -0.850. The largest absolute Gasteiger partial charge is 0.387 e. The maximum atomic E-state index is 9.77. The molecule has 1 N–H and O–H groups in total. The highest BCUT2D eigenvalue weighted by Gasteiger charge is 2.10. The number of halogens is 1. The molecule has 74 valence electrons. The molecule has 2 nitrogen and oxygen atoms in total. The quantitative estimate of drug-likeness (QED) is 0.841. The molecule has 0 aliphatic heterocycles. The van der Waals surface area contributed by atoms with Gasteiger partial charge >= 0.3 is 0 Å². The highest BCUT2D eigenvalue weighted by atomic mass is 79.9. The highest BCUT2D eigenvalue weighted by molar-refractivity contribution is 9.10. The molecule has 0 saturated carbocycles. The topological polar surface area (TPSA) is 33.1 Å². The van der Waals surface area contributed by atoms with E-state index in [0.29, 0.717) is 18.5 Å². The van der Waals surface area contributed by atoms with Crippen LogP contribution in [0.4, 0.5) is 0 Å². The number of rotatable bonds is 3. The minimum absolute atomic E-state index is 0.536. The summed E-state index contributed by atoms with van der Waals surface area (Å²) in [6, 6.07) is 3.70. The first-order chi connectivity index (χ1) is 6.75. The third-order valence-electron chi connectivity index (χ3n) is 1.82. The van der Waals surface area contributed by atoms with Gasteiger partial charge in [0.2, 0.25) is 0 Å². The van der Waals surface area contributed by atoms with Crippen LogP contribution in [0.1, 0.15) is 31.6 Å². The fourth-order valence-corrected chi connectivity index (χ4v) is 1.63. The van der Waals surface area contributed by atoms with Crippen LogP contribution in [-0.2, 0) is 0 Å². The summed E-state index contributed by atoms with van der Waals surface area (Å²) in [6.45, 7) is 1.79. The first-order valence-electron chi connectivity index (χ1n) is 4.43. The number of hydrogen-bond acceptors (Lipinski definition) is 2. The average Bonchev–Trinajstić information content (AvgIpc) is 2.18. The molecule has 1 rings (SSSR count). The molecule has 0 bridgehead atoms. The summed E-state index contributed by atoms with van der Waals surface area (Å²) >= 11 is 3.35. The summed E-state index contributed by atoms with van der Waals surface area (Å²) < 4.78 is 0.844. The van der Waals surface area contributed by atoms with Crippen molar-refractivity contribution in [1.82, 2.24) is 4.98 Å². The van der Waals surface area contributed by atoms with Crippen LogP contribution in [0.2, 0.25) is 0 Å². The van der Waals surface area contributed by atoms with Crippen LogP contribution in [-0.4, -0.2) is 10.1 Å². The molecule has 0 saturated heterocycles. The molecule has 1 unspecified atom stereocenters. The molecule has 3 heteroatoms. The van der Waals surface area contributed by atoms with Crippen molar-refractivity contribution in [3.8, 4) is 11.8 Å². The van der Waals surface area contributed by atoms with Crippen molar-refractivity contribution in [3.05, 3.63) is 28.5 Å². The summed E-state index contributed by atoms with van der Waals surface area (Å²) in [6.07, 6.45) is 2.46. The molecular formula is C11H12BrNO.